The van der Waals surface area contributed by atoms with E-state index in [4.69, 9.17) is 9.26 Å². The number of hydrogen-bond acceptors (Lipinski definition) is 6. The lowest BCUT2D eigenvalue weighted by Gasteiger charge is -2.42. The van der Waals surface area contributed by atoms with Crippen molar-refractivity contribution in [3.05, 3.63) is 71.8 Å². The summed E-state index contributed by atoms with van der Waals surface area (Å²) in [6, 6.07) is 18.0. The topological polar surface area (TPSA) is 122 Å². The molecule has 0 aliphatic carbocycles. The molecule has 1 aliphatic rings. The molecule has 40 heavy (non-hydrogen) atoms. The van der Waals surface area contributed by atoms with Gasteiger partial charge in [-0.15, -0.1) is 0 Å². The number of ether oxygens (including phenoxy) is 1. The molecule has 1 heterocycles. The molecule has 2 aromatic carbocycles. The second-order valence-electron chi connectivity index (χ2n) is 10.0. The highest BCUT2D eigenvalue weighted by atomic mass is 31.2. The van der Waals surface area contributed by atoms with Crippen molar-refractivity contribution in [3.8, 4) is 0 Å². The number of carbonyl (C=O) groups excluding carboxylic acids is 2. The summed E-state index contributed by atoms with van der Waals surface area (Å²) >= 11 is 0. The van der Waals surface area contributed by atoms with Crippen LogP contribution in [0.2, 0.25) is 0 Å². The van der Waals surface area contributed by atoms with Crippen LogP contribution in [0.3, 0.4) is 0 Å². The van der Waals surface area contributed by atoms with Crippen LogP contribution in [0.1, 0.15) is 63.5 Å². The maximum atomic E-state index is 14.8. The molecule has 0 spiro atoms. The summed E-state index contributed by atoms with van der Waals surface area (Å²) < 4.78 is 26.2. The highest BCUT2D eigenvalue weighted by Crippen LogP contribution is 2.61. The minimum absolute atomic E-state index is 0.0189. The standard InChI is InChI=1S/C30H41N2O7P/c1-3-20-30(28(35)32-21-13-19-26(32)27(33)34,31-29(36)38-23-25-17-9-6-10-18-25)40(37,39-4-2)22-12-11-16-24-14-7-5-8-15-24/h5-10,14-15,17-18,26H,3-4,11-13,16,19-23H2,1-2H3,(H,31,36)(H,33,34)/t26-,30?,40?/m0/s1. The van der Waals surface area contributed by atoms with Crippen LogP contribution in [-0.2, 0) is 36.4 Å². The number of aryl methyl sites for hydroxylation is 1. The van der Waals surface area contributed by atoms with E-state index in [0.717, 1.165) is 17.5 Å². The molecule has 2 aromatic rings. The molecule has 2 amide bonds. The number of nitrogens with one attached hydrogen (secondary N) is 1. The van der Waals surface area contributed by atoms with E-state index in [9.17, 15) is 24.1 Å². The molecule has 2 unspecified atom stereocenters. The van der Waals surface area contributed by atoms with Crippen LogP contribution in [0.4, 0.5) is 4.79 Å². The lowest BCUT2D eigenvalue weighted by atomic mass is 10.1. The fourth-order valence-corrected chi connectivity index (χ4v) is 8.32. The first-order chi connectivity index (χ1) is 19.3. The van der Waals surface area contributed by atoms with Crippen LogP contribution in [0.25, 0.3) is 0 Å². The number of carboxylic acid groups (broad SMARTS) is 1. The van der Waals surface area contributed by atoms with Crippen molar-refractivity contribution >= 4 is 25.3 Å². The fourth-order valence-electron chi connectivity index (χ4n) is 5.29. The Morgan fingerprint density at radius 2 is 1.68 bits per heavy atom. The smallest absolute Gasteiger partial charge is 0.408 e. The molecule has 2 N–H and O–H groups in total. The lowest BCUT2D eigenvalue weighted by Crippen LogP contribution is -2.61. The molecule has 0 saturated carbocycles. The van der Waals surface area contributed by atoms with Crippen molar-refractivity contribution in [2.45, 2.75) is 76.7 Å². The Bertz CT molecular complexity index is 1160. The quantitative estimate of drug-likeness (QED) is 0.204. The van der Waals surface area contributed by atoms with Crippen LogP contribution >= 0.6 is 7.37 Å². The number of aliphatic carboxylic acids is 1. The third-order valence-corrected chi connectivity index (χ3v) is 10.5. The highest BCUT2D eigenvalue weighted by molar-refractivity contribution is 7.61. The van der Waals surface area contributed by atoms with Crippen molar-refractivity contribution in [3.63, 3.8) is 0 Å². The van der Waals surface area contributed by atoms with Crippen molar-refractivity contribution in [2.24, 2.45) is 0 Å². The first-order valence-electron chi connectivity index (χ1n) is 14.1. The van der Waals surface area contributed by atoms with Gasteiger partial charge in [0.1, 0.15) is 12.6 Å². The van der Waals surface area contributed by atoms with Gasteiger partial charge in [0, 0.05) is 12.7 Å². The first kappa shape index (κ1) is 31.4. The Morgan fingerprint density at radius 1 is 1.02 bits per heavy atom. The van der Waals surface area contributed by atoms with E-state index < -0.39 is 36.7 Å². The van der Waals surface area contributed by atoms with Crippen LogP contribution in [0.15, 0.2) is 60.7 Å². The fraction of sp³-hybridized carbons (Fsp3) is 0.500. The molecule has 0 aromatic heterocycles. The van der Waals surface area contributed by atoms with Crippen molar-refractivity contribution in [1.29, 1.82) is 0 Å². The SMILES string of the molecule is CCCC(NC(=O)OCc1ccccc1)(C(=O)N1CCC[C@H]1C(=O)O)P(=O)(CCCCc1ccccc1)OCC. The summed E-state index contributed by atoms with van der Waals surface area (Å²) in [6.45, 7) is 3.74. The molecule has 218 valence electrons. The van der Waals surface area contributed by atoms with Gasteiger partial charge in [0.25, 0.3) is 5.91 Å². The normalized spacial score (nSPS) is 17.9. The van der Waals surface area contributed by atoms with Gasteiger partial charge in [-0.1, -0.05) is 74.0 Å². The molecule has 1 saturated heterocycles. The van der Waals surface area contributed by atoms with Crippen molar-refractivity contribution < 1.29 is 33.3 Å². The Balaban J connectivity index is 1.92. The van der Waals surface area contributed by atoms with Crippen LogP contribution in [0.5, 0.6) is 0 Å². The third kappa shape index (κ3) is 7.73. The summed E-state index contributed by atoms with van der Waals surface area (Å²) in [6.07, 6.45) is 2.33. The minimum atomic E-state index is -3.91. The number of rotatable bonds is 15. The van der Waals surface area contributed by atoms with Gasteiger partial charge >= 0.3 is 12.1 Å². The van der Waals surface area contributed by atoms with Gasteiger partial charge in [-0.25, -0.2) is 9.59 Å². The minimum Gasteiger partial charge on any atom is -0.480 e. The zero-order valence-corrected chi connectivity index (χ0v) is 24.3. The molecule has 9 nitrogen and oxygen atoms in total. The van der Waals surface area contributed by atoms with Gasteiger partial charge in [0.15, 0.2) is 5.28 Å². The maximum Gasteiger partial charge on any atom is 0.408 e. The molecule has 3 atom stereocenters. The average Bonchev–Trinajstić information content (AvgIpc) is 3.45. The van der Waals surface area contributed by atoms with E-state index in [1.54, 1.807) is 19.1 Å². The second kappa shape index (κ2) is 15.0. The van der Waals surface area contributed by atoms with Crippen molar-refractivity contribution in [1.82, 2.24) is 10.2 Å². The Morgan fingerprint density at radius 3 is 2.27 bits per heavy atom. The van der Waals surface area contributed by atoms with Gasteiger partial charge in [-0.05, 0) is 56.6 Å². The van der Waals surface area contributed by atoms with Gasteiger partial charge < -0.3 is 19.3 Å². The van der Waals surface area contributed by atoms with E-state index in [1.165, 1.54) is 4.90 Å². The number of amides is 2. The monoisotopic (exact) mass is 572 g/mol. The lowest BCUT2D eigenvalue weighted by molar-refractivity contribution is -0.149. The van der Waals surface area contributed by atoms with Crippen LogP contribution < -0.4 is 5.32 Å². The van der Waals surface area contributed by atoms with E-state index in [-0.39, 0.29) is 38.8 Å². The number of likely N-dealkylation sites (tertiary alicyclic amines) is 1. The second-order valence-corrected chi connectivity index (χ2v) is 12.9. The summed E-state index contributed by atoms with van der Waals surface area (Å²) in [5, 5.41) is 10.5. The zero-order valence-electron chi connectivity index (χ0n) is 23.4. The van der Waals surface area contributed by atoms with E-state index in [0.29, 0.717) is 25.7 Å². The molecule has 1 fully saturated rings. The van der Waals surface area contributed by atoms with E-state index in [1.807, 2.05) is 55.5 Å². The number of carbonyl (C=O) groups is 3. The molecular weight excluding hydrogens is 531 g/mol. The predicted molar refractivity (Wildman–Crippen MR) is 153 cm³/mol. The molecule has 3 rings (SSSR count). The maximum absolute atomic E-state index is 14.8. The Kier molecular flexibility index (Phi) is 11.8. The third-order valence-electron chi connectivity index (χ3n) is 7.22. The van der Waals surface area contributed by atoms with Crippen molar-refractivity contribution in [2.75, 3.05) is 19.3 Å². The van der Waals surface area contributed by atoms with E-state index >= 15 is 0 Å². The van der Waals surface area contributed by atoms with Gasteiger partial charge in [-0.3, -0.25) is 14.7 Å². The molecule has 10 heteroatoms. The van der Waals surface area contributed by atoms with E-state index in [2.05, 4.69) is 5.32 Å². The van der Waals surface area contributed by atoms with Crippen LogP contribution in [0, 0.1) is 0 Å². The number of carboxylic acids is 1. The highest BCUT2D eigenvalue weighted by Gasteiger charge is 2.58. The average molecular weight is 573 g/mol. The Labute approximate surface area is 236 Å². The number of hydrogen-bond donors (Lipinski definition) is 2. The predicted octanol–water partition coefficient (Wildman–Crippen LogP) is 5.82. The number of alkyl carbamates (subject to hydrolysis) is 1. The largest absolute Gasteiger partial charge is 0.480 e. The molecular formula is C30H41N2O7P. The molecule has 0 radical (unpaired) electrons. The molecule has 0 bridgehead atoms. The summed E-state index contributed by atoms with van der Waals surface area (Å²) in [5.74, 6) is -1.81. The summed E-state index contributed by atoms with van der Waals surface area (Å²) in [5.41, 5.74) is 1.90. The number of nitrogens with zero attached hydrogens (tertiary/aromatic N) is 1. The summed E-state index contributed by atoms with van der Waals surface area (Å²) in [7, 11) is -3.91. The van der Waals surface area contributed by atoms with Gasteiger partial charge in [0.2, 0.25) is 7.37 Å². The van der Waals surface area contributed by atoms with Gasteiger partial charge in [-0.2, -0.15) is 0 Å². The number of benzene rings is 2. The number of unbranched alkanes of at least 4 members (excludes halogenated alkanes) is 1. The zero-order chi connectivity index (χ0) is 29.0. The Hall–Kier alpha value is -3.16. The van der Waals surface area contributed by atoms with Gasteiger partial charge in [0.05, 0.1) is 6.61 Å². The first-order valence-corrected chi connectivity index (χ1v) is 15.9. The summed E-state index contributed by atoms with van der Waals surface area (Å²) in [4.78, 5) is 40.7. The molecule has 1 aliphatic heterocycles. The van der Waals surface area contributed by atoms with Crippen LogP contribution in [-0.4, -0.2) is 58.6 Å².